The van der Waals surface area contributed by atoms with E-state index < -0.39 is 97.5 Å². The first-order chi connectivity index (χ1) is 48.2. The molecule has 17 nitrogen and oxygen atoms in total. The number of phosphoric acid groups is 2. The van der Waals surface area contributed by atoms with E-state index in [0.717, 1.165) is 120 Å². The van der Waals surface area contributed by atoms with Gasteiger partial charge in [-0.1, -0.05) is 364 Å². The number of aliphatic hydroxyl groups is 1. The summed E-state index contributed by atoms with van der Waals surface area (Å²) in [7, 11) is -9.92. The normalized spacial score (nSPS) is 14.8. The van der Waals surface area contributed by atoms with Gasteiger partial charge in [-0.15, -0.1) is 0 Å². The van der Waals surface area contributed by atoms with Gasteiger partial charge in [-0.25, -0.2) is 9.13 Å². The van der Waals surface area contributed by atoms with Crippen LogP contribution in [0.4, 0.5) is 0 Å². The number of phosphoric ester groups is 2. The minimum absolute atomic E-state index is 0.105. The van der Waals surface area contributed by atoms with Gasteiger partial charge in [-0.3, -0.25) is 37.3 Å². The highest BCUT2D eigenvalue weighted by molar-refractivity contribution is 7.47. The molecule has 0 aromatic heterocycles. The van der Waals surface area contributed by atoms with Crippen molar-refractivity contribution in [2.24, 2.45) is 23.7 Å². The van der Waals surface area contributed by atoms with Crippen LogP contribution < -0.4 is 0 Å². The number of unbranched alkanes of at least 4 members (excludes halogenated alkanes) is 41. The minimum Gasteiger partial charge on any atom is -0.462 e. The first-order valence-electron chi connectivity index (χ1n) is 41.8. The molecule has 0 aliphatic carbocycles. The van der Waals surface area contributed by atoms with Crippen LogP contribution in [0.1, 0.15) is 415 Å². The van der Waals surface area contributed by atoms with Crippen LogP contribution in [0.15, 0.2) is 0 Å². The summed E-state index contributed by atoms with van der Waals surface area (Å²) in [5, 5.41) is 10.6. The second kappa shape index (κ2) is 70.1. The molecule has 0 aromatic carbocycles. The number of ether oxygens (including phenoxy) is 4. The third kappa shape index (κ3) is 70.4. The number of aliphatic hydroxyl groups excluding tert-OH is 1. The molecule has 0 aliphatic rings. The molecule has 0 spiro atoms. The quantitative estimate of drug-likeness (QED) is 0.0222. The number of carbonyl (C=O) groups excluding carboxylic acids is 4. The number of esters is 4. The lowest BCUT2D eigenvalue weighted by Crippen LogP contribution is -2.30. The molecule has 0 amide bonds. The second-order valence-corrected chi connectivity index (χ2v) is 33.3. The van der Waals surface area contributed by atoms with Gasteiger partial charge in [-0.05, 0) is 49.4 Å². The van der Waals surface area contributed by atoms with Gasteiger partial charge < -0.3 is 33.8 Å². The number of hydrogen-bond acceptors (Lipinski definition) is 15. The molecule has 594 valence electrons. The van der Waals surface area contributed by atoms with Gasteiger partial charge in [0.15, 0.2) is 12.2 Å². The molecule has 3 N–H and O–H groups in total. The molecule has 0 aliphatic heterocycles. The summed E-state index contributed by atoms with van der Waals surface area (Å²) in [4.78, 5) is 73.0. The van der Waals surface area contributed by atoms with Gasteiger partial charge in [0, 0.05) is 25.7 Å². The van der Waals surface area contributed by atoms with Crippen LogP contribution in [0.2, 0.25) is 0 Å². The Morgan fingerprint density at radius 2 is 0.480 bits per heavy atom. The average Bonchev–Trinajstić information content (AvgIpc) is 0.931. The molecule has 19 heteroatoms. The molecule has 0 saturated heterocycles. The van der Waals surface area contributed by atoms with Crippen LogP contribution >= 0.6 is 15.6 Å². The Morgan fingerprint density at radius 1 is 0.280 bits per heavy atom. The van der Waals surface area contributed by atoms with Gasteiger partial charge in [0.2, 0.25) is 0 Å². The summed E-state index contributed by atoms with van der Waals surface area (Å²) >= 11 is 0. The zero-order chi connectivity index (χ0) is 73.8. The van der Waals surface area contributed by atoms with E-state index in [9.17, 15) is 43.2 Å². The maximum Gasteiger partial charge on any atom is 0.472 e. The molecule has 0 saturated carbocycles. The maximum atomic E-state index is 13.1. The molecule has 0 bridgehead atoms. The molecule has 100 heavy (non-hydrogen) atoms. The Labute approximate surface area is 613 Å². The lowest BCUT2D eigenvalue weighted by atomic mass is 9.99. The monoisotopic (exact) mass is 1470 g/mol. The van der Waals surface area contributed by atoms with E-state index in [1.165, 1.54) is 212 Å². The number of hydrogen-bond donors (Lipinski definition) is 3. The van der Waals surface area contributed by atoms with E-state index in [-0.39, 0.29) is 25.7 Å². The van der Waals surface area contributed by atoms with E-state index in [4.69, 9.17) is 37.0 Å². The zero-order valence-corrected chi connectivity index (χ0v) is 67.6. The first kappa shape index (κ1) is 98.1. The Balaban J connectivity index is 5.26. The number of rotatable bonds is 78. The van der Waals surface area contributed by atoms with Crippen LogP contribution in [-0.2, 0) is 65.4 Å². The predicted octanol–water partition coefficient (Wildman–Crippen LogP) is 24.0. The highest BCUT2D eigenvalue weighted by Crippen LogP contribution is 2.45. The van der Waals surface area contributed by atoms with E-state index in [0.29, 0.717) is 25.7 Å². The second-order valence-electron chi connectivity index (χ2n) is 30.4. The van der Waals surface area contributed by atoms with Crippen molar-refractivity contribution in [3.63, 3.8) is 0 Å². The fourth-order valence-corrected chi connectivity index (χ4v) is 13.9. The van der Waals surface area contributed by atoms with Crippen LogP contribution in [0.3, 0.4) is 0 Å². The van der Waals surface area contributed by atoms with Crippen LogP contribution in [0.25, 0.3) is 0 Å². The molecule has 0 fully saturated rings. The van der Waals surface area contributed by atoms with E-state index >= 15 is 0 Å². The average molecular weight is 1470 g/mol. The topological polar surface area (TPSA) is 237 Å². The van der Waals surface area contributed by atoms with E-state index in [1.807, 2.05) is 0 Å². The zero-order valence-electron chi connectivity index (χ0n) is 65.8. The van der Waals surface area contributed by atoms with Gasteiger partial charge in [0.1, 0.15) is 19.3 Å². The van der Waals surface area contributed by atoms with Gasteiger partial charge in [-0.2, -0.15) is 0 Å². The van der Waals surface area contributed by atoms with E-state index in [1.54, 1.807) is 0 Å². The van der Waals surface area contributed by atoms with Crippen LogP contribution in [-0.4, -0.2) is 96.7 Å². The largest absolute Gasteiger partial charge is 0.472 e. The van der Waals surface area contributed by atoms with Gasteiger partial charge in [0.25, 0.3) is 0 Å². The summed E-state index contributed by atoms with van der Waals surface area (Å²) in [6.07, 6.45) is 56.8. The Hall–Kier alpha value is -1.94. The van der Waals surface area contributed by atoms with Crippen molar-refractivity contribution in [1.82, 2.24) is 0 Å². The Morgan fingerprint density at radius 3 is 0.710 bits per heavy atom. The van der Waals surface area contributed by atoms with E-state index in [2.05, 4.69) is 55.4 Å². The third-order valence-corrected chi connectivity index (χ3v) is 21.8. The van der Waals surface area contributed by atoms with Gasteiger partial charge in [0.05, 0.1) is 26.4 Å². The fraction of sp³-hybridized carbons (Fsp3) is 0.951. The van der Waals surface area contributed by atoms with Crippen molar-refractivity contribution in [3.05, 3.63) is 0 Å². The lowest BCUT2D eigenvalue weighted by Gasteiger charge is -2.21. The molecule has 0 rings (SSSR count). The lowest BCUT2D eigenvalue weighted by molar-refractivity contribution is -0.161. The smallest absolute Gasteiger partial charge is 0.462 e. The summed E-state index contributed by atoms with van der Waals surface area (Å²) in [5.74, 6) is 1.07. The molecule has 0 heterocycles. The SMILES string of the molecule is CCC(C)CCCCCCCCCCCCCCCCC(=O)O[C@H](COC(=O)CCCCCCCCCCCCCCCCCC(C)C)COP(=O)(O)OC[C@@H](O)COP(=O)(O)OC[C@@H](COC(=O)CCCCCCCCC(C)CC)OC(=O)CCCCCCCCCCCCC(C)CC. The molecular formula is C81H158O17P2. The van der Waals surface area contributed by atoms with Crippen molar-refractivity contribution in [2.75, 3.05) is 39.6 Å². The highest BCUT2D eigenvalue weighted by Gasteiger charge is 2.30. The maximum absolute atomic E-state index is 13.1. The predicted molar refractivity (Wildman–Crippen MR) is 409 cm³/mol. The summed E-state index contributed by atoms with van der Waals surface area (Å²) in [6, 6.07) is 0. The number of carbonyl (C=O) groups is 4. The third-order valence-electron chi connectivity index (χ3n) is 19.9. The Bertz CT molecular complexity index is 1960. The summed E-state index contributed by atoms with van der Waals surface area (Å²) < 4.78 is 68.7. The minimum atomic E-state index is -4.96. The van der Waals surface area contributed by atoms with Crippen molar-refractivity contribution in [2.45, 2.75) is 433 Å². The standard InChI is InChI=1S/C81H158O17P2/c1-9-72(6)58-50-42-34-28-22-18-15-16-20-24-31-37-47-55-63-80(85)97-76(67-91-78(83)61-53-45-36-30-23-19-14-12-13-17-21-27-33-41-49-57-71(4)5)69-95-99(87,88)93-65-75(82)66-94-100(89,90)96-70-77(68-92-79(84)62-54-46-40-39-44-52-60-74(8)11-3)98-81(86)64-56-48-38-32-26-25-29-35-43-51-59-73(7)10-2/h71-77,82H,9-70H2,1-8H3,(H,87,88)(H,89,90)/t72?,73?,74?,75-,76-,77-/m1/s1. The summed E-state index contributed by atoms with van der Waals surface area (Å²) in [6.45, 7) is 14.3. The van der Waals surface area contributed by atoms with Crippen molar-refractivity contribution in [1.29, 1.82) is 0 Å². The van der Waals surface area contributed by atoms with Crippen molar-refractivity contribution in [3.8, 4) is 0 Å². The molecule has 0 aromatic rings. The highest BCUT2D eigenvalue weighted by atomic mass is 31.2. The fourth-order valence-electron chi connectivity index (χ4n) is 12.3. The molecule has 5 unspecified atom stereocenters. The van der Waals surface area contributed by atoms with Crippen molar-refractivity contribution >= 4 is 39.5 Å². The van der Waals surface area contributed by atoms with Crippen LogP contribution in [0.5, 0.6) is 0 Å². The molecule has 0 radical (unpaired) electrons. The van der Waals surface area contributed by atoms with Crippen LogP contribution in [0, 0.1) is 23.7 Å². The van der Waals surface area contributed by atoms with Crippen molar-refractivity contribution < 1.29 is 80.2 Å². The van der Waals surface area contributed by atoms with Gasteiger partial charge >= 0.3 is 39.5 Å². The molecule has 8 atom stereocenters. The Kier molecular flexibility index (Phi) is 68.7. The molecular weight excluding hydrogens is 1310 g/mol. The summed E-state index contributed by atoms with van der Waals surface area (Å²) in [5.41, 5.74) is 0. The first-order valence-corrected chi connectivity index (χ1v) is 44.8.